The number of H-pyrrole nitrogens is 1. The van der Waals surface area contributed by atoms with Gasteiger partial charge in [0.05, 0.1) is 5.75 Å². The van der Waals surface area contributed by atoms with Gasteiger partial charge in [-0.25, -0.2) is 0 Å². The van der Waals surface area contributed by atoms with Gasteiger partial charge < -0.3 is 9.40 Å². The molecule has 2 heterocycles. The molecule has 0 spiro atoms. The van der Waals surface area contributed by atoms with Crippen LogP contribution < -0.4 is 0 Å². The van der Waals surface area contributed by atoms with Crippen molar-refractivity contribution in [3.05, 3.63) is 65.4 Å². The van der Waals surface area contributed by atoms with Crippen molar-refractivity contribution < 1.29 is 9.21 Å². The quantitative estimate of drug-likeness (QED) is 0.375. The smallest absolute Gasteiger partial charge is 0.277 e. The molecule has 27 heavy (non-hydrogen) atoms. The minimum Gasteiger partial charge on any atom is -0.411 e. The highest BCUT2D eigenvalue weighted by molar-refractivity contribution is 7.99. The SMILES string of the molecule is CCc1cccc2c(C(=O)CSc3nnc(-c4ccccc4C)o3)c[nH]c12. The van der Waals surface area contributed by atoms with Crippen molar-refractivity contribution in [3.63, 3.8) is 0 Å². The minimum atomic E-state index is 0.0372. The molecule has 0 amide bonds. The highest BCUT2D eigenvalue weighted by Gasteiger charge is 2.16. The fraction of sp³-hybridized carbons (Fsp3) is 0.190. The number of benzene rings is 2. The zero-order valence-electron chi connectivity index (χ0n) is 15.2. The van der Waals surface area contributed by atoms with E-state index < -0.39 is 0 Å². The summed E-state index contributed by atoms with van der Waals surface area (Å²) >= 11 is 1.26. The van der Waals surface area contributed by atoms with E-state index in [0.29, 0.717) is 16.7 Å². The number of carbonyl (C=O) groups is 1. The molecule has 4 rings (SSSR count). The summed E-state index contributed by atoms with van der Waals surface area (Å²) in [6, 6.07) is 13.9. The Labute approximate surface area is 161 Å². The van der Waals surface area contributed by atoms with Crippen molar-refractivity contribution in [3.8, 4) is 11.5 Å². The molecule has 0 saturated heterocycles. The van der Waals surface area contributed by atoms with E-state index >= 15 is 0 Å². The number of carbonyl (C=O) groups excluding carboxylic acids is 1. The summed E-state index contributed by atoms with van der Waals surface area (Å²) in [7, 11) is 0. The van der Waals surface area contributed by atoms with Crippen molar-refractivity contribution in [2.75, 3.05) is 5.75 Å². The van der Waals surface area contributed by atoms with Gasteiger partial charge in [0.25, 0.3) is 5.22 Å². The van der Waals surface area contributed by atoms with E-state index in [2.05, 4.69) is 28.2 Å². The Morgan fingerprint density at radius 2 is 2.00 bits per heavy atom. The first-order chi connectivity index (χ1) is 13.2. The predicted octanol–water partition coefficient (Wildman–Crippen LogP) is 5.06. The van der Waals surface area contributed by atoms with E-state index in [1.807, 2.05) is 43.3 Å². The molecule has 0 aliphatic rings. The molecule has 1 N–H and O–H groups in total. The molecular weight excluding hydrogens is 358 g/mol. The number of hydrogen-bond acceptors (Lipinski definition) is 5. The van der Waals surface area contributed by atoms with Crippen molar-refractivity contribution in [2.24, 2.45) is 0 Å². The van der Waals surface area contributed by atoms with Crippen LogP contribution in [0.1, 0.15) is 28.4 Å². The van der Waals surface area contributed by atoms with Crippen LogP contribution in [0.4, 0.5) is 0 Å². The molecular formula is C21H19N3O2S. The van der Waals surface area contributed by atoms with Crippen LogP contribution in [0.25, 0.3) is 22.4 Å². The van der Waals surface area contributed by atoms with Gasteiger partial charge in [0.2, 0.25) is 5.89 Å². The number of nitrogens with zero attached hydrogens (tertiary/aromatic N) is 2. The number of hydrogen-bond donors (Lipinski definition) is 1. The number of aromatic nitrogens is 3. The zero-order valence-corrected chi connectivity index (χ0v) is 16.0. The Kier molecular flexibility index (Phi) is 4.81. The van der Waals surface area contributed by atoms with Crippen LogP contribution >= 0.6 is 11.8 Å². The van der Waals surface area contributed by atoms with Gasteiger partial charge >= 0.3 is 0 Å². The second-order valence-corrected chi connectivity index (χ2v) is 7.22. The Balaban J connectivity index is 1.50. The fourth-order valence-electron chi connectivity index (χ4n) is 3.14. The van der Waals surface area contributed by atoms with Crippen molar-refractivity contribution in [1.29, 1.82) is 0 Å². The van der Waals surface area contributed by atoms with E-state index in [-0.39, 0.29) is 11.5 Å². The molecule has 2 aromatic carbocycles. The summed E-state index contributed by atoms with van der Waals surface area (Å²) in [5.41, 5.74) is 4.92. The van der Waals surface area contributed by atoms with Gasteiger partial charge in [-0.1, -0.05) is 55.1 Å². The molecule has 0 atom stereocenters. The standard InChI is InChI=1S/C21H19N3O2S/c1-3-14-8-6-10-16-17(11-22-19(14)16)18(25)12-27-21-24-23-20(26-21)15-9-5-4-7-13(15)2/h4-11,22H,3,12H2,1-2H3. The van der Waals surface area contributed by atoms with Crippen LogP contribution in [-0.4, -0.2) is 26.7 Å². The lowest BCUT2D eigenvalue weighted by Gasteiger charge is -2.01. The maximum Gasteiger partial charge on any atom is 0.277 e. The maximum atomic E-state index is 12.7. The lowest BCUT2D eigenvalue weighted by atomic mass is 10.1. The van der Waals surface area contributed by atoms with Gasteiger partial charge in [-0.2, -0.15) is 0 Å². The number of nitrogens with one attached hydrogen (secondary N) is 1. The Morgan fingerprint density at radius 1 is 1.15 bits per heavy atom. The number of aryl methyl sites for hydroxylation is 2. The summed E-state index contributed by atoms with van der Waals surface area (Å²) in [6.07, 6.45) is 2.71. The first kappa shape index (κ1) is 17.5. The average Bonchev–Trinajstić information content (AvgIpc) is 3.33. The van der Waals surface area contributed by atoms with E-state index in [1.54, 1.807) is 6.20 Å². The monoisotopic (exact) mass is 377 g/mol. The third-order valence-corrected chi connectivity index (χ3v) is 5.41. The fourth-order valence-corrected chi connectivity index (χ4v) is 3.78. The largest absolute Gasteiger partial charge is 0.411 e. The van der Waals surface area contributed by atoms with E-state index in [0.717, 1.165) is 28.5 Å². The van der Waals surface area contributed by atoms with Gasteiger partial charge in [0.1, 0.15) is 0 Å². The van der Waals surface area contributed by atoms with E-state index in [4.69, 9.17) is 4.42 Å². The second-order valence-electron chi connectivity index (χ2n) is 6.30. The molecule has 0 bridgehead atoms. The van der Waals surface area contributed by atoms with Gasteiger partial charge in [-0.15, -0.1) is 10.2 Å². The molecule has 0 unspecified atom stereocenters. The molecule has 0 radical (unpaired) electrons. The van der Waals surface area contributed by atoms with Crippen molar-refractivity contribution >= 4 is 28.4 Å². The summed E-state index contributed by atoms with van der Waals surface area (Å²) in [5.74, 6) is 0.761. The number of aromatic amines is 1. The molecule has 0 aliphatic heterocycles. The minimum absolute atomic E-state index is 0.0372. The molecule has 0 aliphatic carbocycles. The van der Waals surface area contributed by atoms with Crippen LogP contribution in [0.3, 0.4) is 0 Å². The molecule has 0 saturated carbocycles. The first-order valence-corrected chi connectivity index (χ1v) is 9.80. The molecule has 5 nitrogen and oxygen atoms in total. The van der Waals surface area contributed by atoms with Gasteiger partial charge in [0, 0.05) is 28.2 Å². The topological polar surface area (TPSA) is 71.8 Å². The van der Waals surface area contributed by atoms with Gasteiger partial charge in [-0.05, 0) is 30.5 Å². The number of fused-ring (bicyclic) bond motifs is 1. The average molecular weight is 377 g/mol. The summed E-state index contributed by atoms with van der Waals surface area (Å²) in [6.45, 7) is 4.10. The molecule has 136 valence electrons. The van der Waals surface area contributed by atoms with Gasteiger partial charge in [0.15, 0.2) is 5.78 Å². The summed E-state index contributed by atoms with van der Waals surface area (Å²) in [5, 5.41) is 9.53. The van der Waals surface area contributed by atoms with Crippen LogP contribution in [0.5, 0.6) is 0 Å². The van der Waals surface area contributed by atoms with Crippen molar-refractivity contribution in [2.45, 2.75) is 25.5 Å². The normalized spacial score (nSPS) is 11.2. The van der Waals surface area contributed by atoms with E-state index in [9.17, 15) is 4.79 Å². The lowest BCUT2D eigenvalue weighted by molar-refractivity contribution is 0.102. The van der Waals surface area contributed by atoms with E-state index in [1.165, 1.54) is 17.3 Å². The molecule has 0 fully saturated rings. The molecule has 6 heteroatoms. The number of ketones is 1. The van der Waals surface area contributed by atoms with Crippen LogP contribution in [-0.2, 0) is 6.42 Å². The lowest BCUT2D eigenvalue weighted by Crippen LogP contribution is -2.01. The Bertz CT molecular complexity index is 1110. The Hall–Kier alpha value is -2.86. The van der Waals surface area contributed by atoms with Crippen LogP contribution in [0, 0.1) is 6.92 Å². The van der Waals surface area contributed by atoms with Crippen molar-refractivity contribution in [1.82, 2.24) is 15.2 Å². The number of rotatable bonds is 6. The van der Waals surface area contributed by atoms with Crippen LogP contribution in [0.15, 0.2) is 58.3 Å². The Morgan fingerprint density at radius 3 is 2.81 bits per heavy atom. The highest BCUT2D eigenvalue weighted by atomic mass is 32.2. The molecule has 4 aromatic rings. The zero-order chi connectivity index (χ0) is 18.8. The third kappa shape index (κ3) is 3.40. The number of thioether (sulfide) groups is 1. The summed E-state index contributed by atoms with van der Waals surface area (Å²) in [4.78, 5) is 15.9. The third-order valence-electron chi connectivity index (χ3n) is 4.59. The highest BCUT2D eigenvalue weighted by Crippen LogP contribution is 2.27. The number of Topliss-reactive ketones (excluding diaryl/α,β-unsaturated/α-hetero) is 1. The second kappa shape index (κ2) is 7.40. The van der Waals surface area contributed by atoms with Gasteiger partial charge in [-0.3, -0.25) is 4.79 Å². The molecule has 2 aromatic heterocycles. The maximum absolute atomic E-state index is 12.7. The summed E-state index contributed by atoms with van der Waals surface area (Å²) < 4.78 is 5.72. The van der Waals surface area contributed by atoms with Crippen LogP contribution in [0.2, 0.25) is 0 Å². The first-order valence-electron chi connectivity index (χ1n) is 8.82. The predicted molar refractivity (Wildman–Crippen MR) is 107 cm³/mol. The number of para-hydroxylation sites is 1.